The van der Waals surface area contributed by atoms with Crippen LogP contribution in [0.5, 0.6) is 17.2 Å². The average Bonchev–Trinajstić information content (AvgIpc) is 3.10. The molecular weight excluding hydrogens is 474 g/mol. The first-order valence-electron chi connectivity index (χ1n) is 11.2. The molecule has 11 heteroatoms. The van der Waals surface area contributed by atoms with Crippen LogP contribution >= 0.6 is 11.9 Å². The van der Waals surface area contributed by atoms with Gasteiger partial charge in [0, 0.05) is 36.5 Å². The molecule has 0 fully saturated rings. The summed E-state index contributed by atoms with van der Waals surface area (Å²) in [5.41, 5.74) is 3.54. The standard InChI is InChI=1S/C24H31N3O7S/c1-31-18-11-16(12-19(13-18)32-2)15-34-17-7-8-22-20(14-17)25-9-10-27(35-22)21(24(29)26-30)5-4-6-23(28)33-3/h7-8,11-14,21,25,30H,4-6,9-10,15H2,1-3H3,(H,26,29)/t21-/m1/s1. The van der Waals surface area contributed by atoms with E-state index < -0.39 is 11.9 Å². The molecule has 1 heterocycles. The highest BCUT2D eigenvalue weighted by atomic mass is 32.2. The lowest BCUT2D eigenvalue weighted by molar-refractivity contribution is -0.141. The second-order valence-corrected chi connectivity index (χ2v) is 8.88. The summed E-state index contributed by atoms with van der Waals surface area (Å²) >= 11 is 1.42. The summed E-state index contributed by atoms with van der Waals surface area (Å²) < 4.78 is 23.2. The zero-order chi connectivity index (χ0) is 25.2. The van der Waals surface area contributed by atoms with Gasteiger partial charge in [0.15, 0.2) is 0 Å². The number of methoxy groups -OCH3 is 3. The third-order valence-corrected chi connectivity index (χ3v) is 6.70. The zero-order valence-corrected chi connectivity index (χ0v) is 20.9. The summed E-state index contributed by atoms with van der Waals surface area (Å²) in [5, 5.41) is 12.6. The van der Waals surface area contributed by atoms with E-state index in [0.717, 1.165) is 16.1 Å². The maximum absolute atomic E-state index is 12.4. The first-order chi connectivity index (χ1) is 17.0. The van der Waals surface area contributed by atoms with Gasteiger partial charge in [-0.3, -0.25) is 14.8 Å². The molecule has 0 saturated carbocycles. The van der Waals surface area contributed by atoms with Crippen molar-refractivity contribution >= 4 is 29.5 Å². The molecule has 3 rings (SSSR count). The normalized spacial score (nSPS) is 14.1. The number of hydrogen-bond donors (Lipinski definition) is 3. The molecule has 0 aromatic heterocycles. The van der Waals surface area contributed by atoms with E-state index in [0.29, 0.717) is 49.8 Å². The molecule has 0 saturated heterocycles. The Hall–Kier alpha value is -3.15. The summed E-state index contributed by atoms with van der Waals surface area (Å²) in [6.07, 6.45) is 1.07. The third-order valence-electron chi connectivity index (χ3n) is 5.48. The minimum Gasteiger partial charge on any atom is -0.497 e. The first-order valence-corrected chi connectivity index (χ1v) is 11.9. The van der Waals surface area contributed by atoms with Crippen molar-refractivity contribution < 1.29 is 33.7 Å². The fourth-order valence-electron chi connectivity index (χ4n) is 3.65. The Balaban J connectivity index is 1.68. The number of nitrogens with one attached hydrogen (secondary N) is 2. The number of fused-ring (bicyclic) bond motifs is 1. The van der Waals surface area contributed by atoms with Crippen LogP contribution < -0.4 is 25.0 Å². The van der Waals surface area contributed by atoms with Gasteiger partial charge in [-0.05, 0) is 54.6 Å². The smallest absolute Gasteiger partial charge is 0.305 e. The van der Waals surface area contributed by atoms with Crippen LogP contribution in [0.4, 0.5) is 5.69 Å². The van der Waals surface area contributed by atoms with Crippen LogP contribution in [0.2, 0.25) is 0 Å². The maximum Gasteiger partial charge on any atom is 0.305 e. The molecule has 0 unspecified atom stereocenters. The van der Waals surface area contributed by atoms with E-state index >= 15 is 0 Å². The molecule has 10 nitrogen and oxygen atoms in total. The van der Waals surface area contributed by atoms with Crippen LogP contribution in [-0.4, -0.2) is 61.8 Å². The summed E-state index contributed by atoms with van der Waals surface area (Å²) in [7, 11) is 4.54. The quantitative estimate of drug-likeness (QED) is 0.182. The number of esters is 1. The van der Waals surface area contributed by atoms with Gasteiger partial charge in [0.2, 0.25) is 0 Å². The van der Waals surface area contributed by atoms with Gasteiger partial charge >= 0.3 is 5.97 Å². The van der Waals surface area contributed by atoms with Gasteiger partial charge in [0.1, 0.15) is 29.9 Å². The maximum atomic E-state index is 12.4. The molecule has 1 atom stereocenters. The predicted octanol–water partition coefficient (Wildman–Crippen LogP) is 3.23. The van der Waals surface area contributed by atoms with E-state index in [1.54, 1.807) is 25.8 Å². The minimum atomic E-state index is -0.610. The number of hydroxylamine groups is 1. The SMILES string of the molecule is COC(=O)CCC[C@H](C(=O)NO)N1CCNc2cc(OCc3cc(OC)cc(OC)c3)ccc2S1. The van der Waals surface area contributed by atoms with E-state index in [1.807, 2.05) is 34.6 Å². The van der Waals surface area contributed by atoms with Gasteiger partial charge in [-0.1, -0.05) is 0 Å². The van der Waals surface area contributed by atoms with Gasteiger partial charge in [0.25, 0.3) is 5.91 Å². The number of amides is 1. The largest absolute Gasteiger partial charge is 0.497 e. The minimum absolute atomic E-state index is 0.207. The van der Waals surface area contributed by atoms with E-state index in [2.05, 4.69) is 10.1 Å². The van der Waals surface area contributed by atoms with Crippen molar-refractivity contribution in [2.45, 2.75) is 36.8 Å². The fraction of sp³-hybridized carbons (Fsp3) is 0.417. The number of benzene rings is 2. The molecule has 0 aliphatic carbocycles. The molecule has 1 aliphatic rings. The van der Waals surface area contributed by atoms with E-state index in [9.17, 15) is 14.8 Å². The Labute approximate surface area is 209 Å². The van der Waals surface area contributed by atoms with E-state index in [1.165, 1.54) is 19.1 Å². The van der Waals surface area contributed by atoms with Gasteiger partial charge in [-0.2, -0.15) is 0 Å². The highest BCUT2D eigenvalue weighted by molar-refractivity contribution is 7.97. The van der Waals surface area contributed by atoms with Crippen LogP contribution in [0.1, 0.15) is 24.8 Å². The number of carbonyl (C=O) groups excluding carboxylic acids is 2. The molecule has 1 aliphatic heterocycles. The Kier molecular flexibility index (Phi) is 9.88. The molecule has 35 heavy (non-hydrogen) atoms. The van der Waals surface area contributed by atoms with Gasteiger partial charge in [0.05, 0.1) is 27.0 Å². The molecule has 3 N–H and O–H groups in total. The van der Waals surface area contributed by atoms with Crippen LogP contribution in [0, 0.1) is 0 Å². The van der Waals surface area contributed by atoms with E-state index in [4.69, 9.17) is 14.2 Å². The summed E-state index contributed by atoms with van der Waals surface area (Å²) in [5.74, 6) is 1.23. The van der Waals surface area contributed by atoms with Gasteiger partial charge in [-0.25, -0.2) is 9.79 Å². The zero-order valence-electron chi connectivity index (χ0n) is 20.0. The van der Waals surface area contributed by atoms with Crippen LogP contribution in [0.25, 0.3) is 0 Å². The van der Waals surface area contributed by atoms with Crippen molar-refractivity contribution in [3.63, 3.8) is 0 Å². The molecule has 0 radical (unpaired) electrons. The van der Waals surface area contributed by atoms with Crippen molar-refractivity contribution in [1.29, 1.82) is 0 Å². The number of rotatable bonds is 11. The Morgan fingerprint density at radius 2 is 1.86 bits per heavy atom. The molecular formula is C24H31N3O7S. The van der Waals surface area contributed by atoms with Crippen molar-refractivity contribution in [2.24, 2.45) is 0 Å². The van der Waals surface area contributed by atoms with Crippen LogP contribution in [-0.2, 0) is 20.9 Å². The Morgan fingerprint density at radius 1 is 1.11 bits per heavy atom. The third kappa shape index (κ3) is 7.41. The molecule has 2 aromatic rings. The first kappa shape index (κ1) is 26.5. The molecule has 2 aromatic carbocycles. The number of anilines is 1. The van der Waals surface area contributed by atoms with Crippen molar-refractivity contribution in [3.05, 3.63) is 42.0 Å². The van der Waals surface area contributed by atoms with Crippen LogP contribution in [0.3, 0.4) is 0 Å². The second kappa shape index (κ2) is 13.1. The highest BCUT2D eigenvalue weighted by Crippen LogP contribution is 2.37. The van der Waals surface area contributed by atoms with Gasteiger partial charge < -0.3 is 24.3 Å². The average molecular weight is 506 g/mol. The topological polar surface area (TPSA) is 119 Å². The lowest BCUT2D eigenvalue weighted by Gasteiger charge is -2.27. The molecule has 190 valence electrons. The Bertz CT molecular complexity index is 998. The Morgan fingerprint density at radius 3 is 2.51 bits per heavy atom. The lowest BCUT2D eigenvalue weighted by Crippen LogP contribution is -2.44. The molecule has 0 bridgehead atoms. The number of carbonyl (C=O) groups is 2. The second-order valence-electron chi connectivity index (χ2n) is 7.79. The number of hydrogen-bond acceptors (Lipinski definition) is 10. The predicted molar refractivity (Wildman–Crippen MR) is 131 cm³/mol. The number of ether oxygens (including phenoxy) is 4. The summed E-state index contributed by atoms with van der Waals surface area (Å²) in [6, 6.07) is 10.7. The lowest BCUT2D eigenvalue weighted by atomic mass is 10.1. The summed E-state index contributed by atoms with van der Waals surface area (Å²) in [6.45, 7) is 1.47. The fourth-order valence-corrected chi connectivity index (χ4v) is 4.77. The monoisotopic (exact) mass is 505 g/mol. The van der Waals surface area contributed by atoms with E-state index in [-0.39, 0.29) is 12.4 Å². The van der Waals surface area contributed by atoms with Crippen LogP contribution in [0.15, 0.2) is 41.3 Å². The number of nitrogens with zero attached hydrogens (tertiary/aromatic N) is 1. The van der Waals surface area contributed by atoms with Crippen molar-refractivity contribution in [2.75, 3.05) is 39.7 Å². The van der Waals surface area contributed by atoms with Gasteiger partial charge in [-0.15, -0.1) is 0 Å². The summed E-state index contributed by atoms with van der Waals surface area (Å²) in [4.78, 5) is 24.7. The molecule has 1 amide bonds. The van der Waals surface area contributed by atoms with Crippen molar-refractivity contribution in [3.8, 4) is 17.2 Å². The van der Waals surface area contributed by atoms with Crippen molar-refractivity contribution in [1.82, 2.24) is 9.79 Å². The molecule has 0 spiro atoms. The highest BCUT2D eigenvalue weighted by Gasteiger charge is 2.29.